The van der Waals surface area contributed by atoms with Gasteiger partial charge in [0, 0.05) is 12.1 Å². The molecule has 0 aromatic carbocycles. The molecule has 1 saturated carbocycles. The smallest absolute Gasteiger partial charge is 0.128 e. The first kappa shape index (κ1) is 14.1. The molecule has 0 amide bonds. The van der Waals surface area contributed by atoms with Crippen molar-refractivity contribution in [2.75, 3.05) is 31.7 Å². The molecule has 0 radical (unpaired) electrons. The Morgan fingerprint density at radius 2 is 2.26 bits per heavy atom. The predicted molar refractivity (Wildman–Crippen MR) is 81.2 cm³/mol. The van der Waals surface area contributed by atoms with Gasteiger partial charge in [0.2, 0.25) is 0 Å². The summed E-state index contributed by atoms with van der Waals surface area (Å²) in [6, 6.07) is 5.73. The van der Waals surface area contributed by atoms with E-state index in [1.54, 1.807) is 0 Å². The summed E-state index contributed by atoms with van der Waals surface area (Å²) in [7, 11) is 4.37. The molecule has 3 N–H and O–H groups in total. The highest BCUT2D eigenvalue weighted by atomic mass is 15.2. The van der Waals surface area contributed by atoms with Gasteiger partial charge in [-0.3, -0.25) is 0 Å². The van der Waals surface area contributed by atoms with Crippen molar-refractivity contribution in [3.63, 3.8) is 0 Å². The zero-order chi connectivity index (χ0) is 13.9. The van der Waals surface area contributed by atoms with E-state index >= 15 is 0 Å². The molecule has 1 aromatic rings. The molecule has 19 heavy (non-hydrogen) atoms. The Hall–Kier alpha value is -1.29. The molecule has 4 heteroatoms. The average Bonchev–Trinajstić information content (AvgIpc) is 2.36. The maximum atomic E-state index is 5.72. The largest absolute Gasteiger partial charge is 0.384 e. The molecule has 0 saturated heterocycles. The second-order valence-electron chi connectivity index (χ2n) is 6.12. The summed E-state index contributed by atoms with van der Waals surface area (Å²) < 4.78 is 0. The van der Waals surface area contributed by atoms with E-state index in [4.69, 9.17) is 5.73 Å². The van der Waals surface area contributed by atoms with E-state index in [1.807, 2.05) is 18.2 Å². The number of rotatable bonds is 4. The van der Waals surface area contributed by atoms with Crippen molar-refractivity contribution in [3.05, 3.63) is 18.2 Å². The van der Waals surface area contributed by atoms with Gasteiger partial charge in [-0.05, 0) is 45.0 Å². The second-order valence-corrected chi connectivity index (χ2v) is 6.12. The molecule has 2 unspecified atom stereocenters. The third kappa shape index (κ3) is 3.38. The molecule has 4 nitrogen and oxygen atoms in total. The van der Waals surface area contributed by atoms with E-state index in [0.717, 1.165) is 18.3 Å². The molecule has 0 spiro atoms. The molecular weight excluding hydrogens is 236 g/mol. The molecular formula is C15H26N4. The lowest BCUT2D eigenvalue weighted by Crippen LogP contribution is -2.52. The molecule has 1 aliphatic carbocycles. The van der Waals surface area contributed by atoms with Crippen LogP contribution in [-0.4, -0.2) is 36.1 Å². The average molecular weight is 262 g/mol. The Balaban J connectivity index is 2.05. The summed E-state index contributed by atoms with van der Waals surface area (Å²) >= 11 is 0. The SMILES string of the molecule is CC1CCCC(CNc2cccc(N)n2)(N(C)C)C1. The molecule has 1 aliphatic rings. The Morgan fingerprint density at radius 1 is 1.47 bits per heavy atom. The van der Waals surface area contributed by atoms with E-state index in [1.165, 1.54) is 25.7 Å². The Kier molecular flexibility index (Phi) is 4.30. The molecule has 0 bridgehead atoms. The van der Waals surface area contributed by atoms with Crippen molar-refractivity contribution >= 4 is 11.6 Å². The van der Waals surface area contributed by atoms with Gasteiger partial charge in [-0.25, -0.2) is 4.98 Å². The van der Waals surface area contributed by atoms with Crippen LogP contribution < -0.4 is 11.1 Å². The van der Waals surface area contributed by atoms with Gasteiger partial charge in [-0.2, -0.15) is 0 Å². The van der Waals surface area contributed by atoms with Crippen LogP contribution in [0.25, 0.3) is 0 Å². The third-order valence-corrected chi connectivity index (χ3v) is 4.39. The lowest BCUT2D eigenvalue weighted by Gasteiger charge is -2.45. The Morgan fingerprint density at radius 3 is 2.89 bits per heavy atom. The summed E-state index contributed by atoms with van der Waals surface area (Å²) in [6.07, 6.45) is 5.16. The van der Waals surface area contributed by atoms with Crippen molar-refractivity contribution in [1.82, 2.24) is 9.88 Å². The van der Waals surface area contributed by atoms with Gasteiger partial charge >= 0.3 is 0 Å². The van der Waals surface area contributed by atoms with Crippen LogP contribution in [0.4, 0.5) is 11.6 Å². The standard InChI is InChI=1S/C15H26N4/c1-12-6-5-9-15(10-12,19(2)3)11-17-14-8-4-7-13(16)18-14/h4,7-8,12H,5-6,9-11H2,1-3H3,(H3,16,17,18). The van der Waals surface area contributed by atoms with E-state index in [9.17, 15) is 0 Å². The zero-order valence-electron chi connectivity index (χ0n) is 12.3. The summed E-state index contributed by atoms with van der Waals surface area (Å²) in [5.41, 5.74) is 5.96. The highest BCUT2D eigenvalue weighted by molar-refractivity contribution is 5.42. The van der Waals surface area contributed by atoms with Crippen LogP contribution in [0, 0.1) is 5.92 Å². The lowest BCUT2D eigenvalue weighted by molar-refractivity contribution is 0.0882. The number of pyridine rings is 1. The number of likely N-dealkylation sites (N-methyl/N-ethyl adjacent to an activating group) is 1. The fourth-order valence-corrected chi connectivity index (χ4v) is 3.16. The normalized spacial score (nSPS) is 27.5. The van der Waals surface area contributed by atoms with E-state index < -0.39 is 0 Å². The van der Waals surface area contributed by atoms with Crippen molar-refractivity contribution in [2.24, 2.45) is 5.92 Å². The molecule has 2 rings (SSSR count). The molecule has 1 fully saturated rings. The van der Waals surface area contributed by atoms with Gasteiger partial charge in [0.15, 0.2) is 0 Å². The summed E-state index contributed by atoms with van der Waals surface area (Å²) in [5.74, 6) is 2.24. The molecule has 1 heterocycles. The number of nitrogens with two attached hydrogens (primary N) is 1. The number of anilines is 2. The van der Waals surface area contributed by atoms with Crippen molar-refractivity contribution < 1.29 is 0 Å². The van der Waals surface area contributed by atoms with Crippen LogP contribution in [-0.2, 0) is 0 Å². The fraction of sp³-hybridized carbons (Fsp3) is 0.667. The van der Waals surface area contributed by atoms with Crippen LogP contribution in [0.1, 0.15) is 32.6 Å². The summed E-state index contributed by atoms with van der Waals surface area (Å²) in [4.78, 5) is 6.69. The number of hydrogen-bond donors (Lipinski definition) is 2. The van der Waals surface area contributed by atoms with E-state index in [2.05, 4.69) is 36.2 Å². The quantitative estimate of drug-likeness (QED) is 0.875. The van der Waals surface area contributed by atoms with E-state index in [0.29, 0.717) is 5.82 Å². The van der Waals surface area contributed by atoms with Gasteiger partial charge in [0.05, 0.1) is 0 Å². The number of nitrogens with zero attached hydrogens (tertiary/aromatic N) is 2. The third-order valence-electron chi connectivity index (χ3n) is 4.39. The van der Waals surface area contributed by atoms with Crippen molar-refractivity contribution in [3.8, 4) is 0 Å². The molecule has 0 aliphatic heterocycles. The first-order chi connectivity index (χ1) is 9.02. The monoisotopic (exact) mass is 262 g/mol. The minimum atomic E-state index is 0.240. The number of nitrogens with one attached hydrogen (secondary N) is 1. The van der Waals surface area contributed by atoms with Gasteiger partial charge in [-0.15, -0.1) is 0 Å². The maximum Gasteiger partial charge on any atom is 0.128 e. The topological polar surface area (TPSA) is 54.2 Å². The van der Waals surface area contributed by atoms with Crippen LogP contribution in [0.15, 0.2) is 18.2 Å². The summed E-state index contributed by atoms with van der Waals surface area (Å²) in [6.45, 7) is 3.29. The van der Waals surface area contributed by atoms with Gasteiger partial charge in [0.25, 0.3) is 0 Å². The first-order valence-corrected chi connectivity index (χ1v) is 7.16. The second kappa shape index (κ2) is 5.78. The highest BCUT2D eigenvalue weighted by Gasteiger charge is 2.36. The van der Waals surface area contributed by atoms with Gasteiger partial charge < -0.3 is 16.0 Å². The minimum absolute atomic E-state index is 0.240. The highest BCUT2D eigenvalue weighted by Crippen LogP contribution is 2.35. The zero-order valence-corrected chi connectivity index (χ0v) is 12.3. The molecule has 2 atom stereocenters. The Labute approximate surface area is 116 Å². The first-order valence-electron chi connectivity index (χ1n) is 7.16. The van der Waals surface area contributed by atoms with Gasteiger partial charge in [-0.1, -0.05) is 25.8 Å². The van der Waals surface area contributed by atoms with Crippen LogP contribution in [0.3, 0.4) is 0 Å². The van der Waals surface area contributed by atoms with Gasteiger partial charge in [0.1, 0.15) is 11.6 Å². The van der Waals surface area contributed by atoms with Crippen molar-refractivity contribution in [2.45, 2.75) is 38.1 Å². The van der Waals surface area contributed by atoms with E-state index in [-0.39, 0.29) is 5.54 Å². The Bertz CT molecular complexity index is 418. The predicted octanol–water partition coefficient (Wildman–Crippen LogP) is 2.59. The molecule has 1 aromatic heterocycles. The lowest BCUT2D eigenvalue weighted by atomic mass is 9.75. The fourth-order valence-electron chi connectivity index (χ4n) is 3.16. The van der Waals surface area contributed by atoms with Crippen LogP contribution in [0.2, 0.25) is 0 Å². The summed E-state index contributed by atoms with van der Waals surface area (Å²) in [5, 5.41) is 3.47. The maximum absolute atomic E-state index is 5.72. The van der Waals surface area contributed by atoms with Crippen molar-refractivity contribution in [1.29, 1.82) is 0 Å². The van der Waals surface area contributed by atoms with Crippen LogP contribution >= 0.6 is 0 Å². The number of nitrogen functional groups attached to an aromatic ring is 1. The number of hydrogen-bond acceptors (Lipinski definition) is 4. The molecule has 106 valence electrons. The number of aromatic nitrogens is 1. The minimum Gasteiger partial charge on any atom is -0.384 e. The van der Waals surface area contributed by atoms with Crippen LogP contribution in [0.5, 0.6) is 0 Å².